The number of nitrogens with zero attached hydrogens (tertiary/aromatic N) is 5. The van der Waals surface area contributed by atoms with Crippen LogP contribution in [-0.4, -0.2) is 76.7 Å². The number of pyridine rings is 2. The molecule has 4 heterocycles. The molecule has 3 N–H and O–H groups in total. The largest absolute Gasteiger partial charge is 0.387 e. The van der Waals surface area contributed by atoms with Gasteiger partial charge in [-0.1, -0.05) is 17.7 Å². The summed E-state index contributed by atoms with van der Waals surface area (Å²) in [5, 5.41) is 12.3. The summed E-state index contributed by atoms with van der Waals surface area (Å²) in [6, 6.07) is 4.80. The Bertz CT molecular complexity index is 1640. The molecular formula is C27H28ClF2N7O4S. The Hall–Kier alpha value is -4.01. The van der Waals surface area contributed by atoms with E-state index in [1.807, 2.05) is 0 Å². The first-order chi connectivity index (χ1) is 20.1. The van der Waals surface area contributed by atoms with Gasteiger partial charge in [-0.2, -0.15) is 0 Å². The zero-order valence-corrected chi connectivity index (χ0v) is 23.9. The molecule has 0 unspecified atom stereocenters. The van der Waals surface area contributed by atoms with E-state index in [-0.39, 0.29) is 29.2 Å². The number of piperidine rings is 1. The number of aliphatic hydroxyl groups is 1. The zero-order valence-electron chi connectivity index (χ0n) is 22.3. The Balaban J connectivity index is 1.59. The molecule has 4 rings (SSSR count). The summed E-state index contributed by atoms with van der Waals surface area (Å²) in [4.78, 5) is 30.0. The van der Waals surface area contributed by atoms with Gasteiger partial charge in [0.2, 0.25) is 5.91 Å². The van der Waals surface area contributed by atoms with Gasteiger partial charge >= 0.3 is 0 Å². The number of sulfonamides is 1. The number of amides is 1. The Morgan fingerprint density at radius 3 is 2.67 bits per heavy atom. The number of hydrogen-bond acceptors (Lipinski definition) is 9. The fraction of sp³-hybridized carbons (Fsp3) is 0.296. The molecule has 0 radical (unpaired) electrons. The molecule has 1 fully saturated rings. The minimum absolute atomic E-state index is 0.00681. The van der Waals surface area contributed by atoms with Gasteiger partial charge in [0.15, 0.2) is 11.0 Å². The van der Waals surface area contributed by atoms with Crippen molar-refractivity contribution in [3.05, 3.63) is 71.4 Å². The van der Waals surface area contributed by atoms with Crippen LogP contribution in [0.5, 0.6) is 0 Å². The Labute approximate surface area is 246 Å². The molecule has 42 heavy (non-hydrogen) atoms. The van der Waals surface area contributed by atoms with Crippen LogP contribution in [0.1, 0.15) is 19.3 Å². The highest BCUT2D eigenvalue weighted by atomic mass is 35.5. The molecule has 0 spiro atoms. The number of carbonyl (C=O) groups is 1. The average molecular weight is 620 g/mol. The highest BCUT2D eigenvalue weighted by Gasteiger charge is 2.24. The highest BCUT2D eigenvalue weighted by molar-refractivity contribution is 7.96. The van der Waals surface area contributed by atoms with Gasteiger partial charge in [-0.3, -0.25) is 9.52 Å². The maximum Gasteiger partial charge on any atom is 0.260 e. The second-order valence-corrected chi connectivity index (χ2v) is 11.4. The molecule has 0 aromatic carbocycles. The summed E-state index contributed by atoms with van der Waals surface area (Å²) < 4.78 is 55.2. The first-order valence-electron chi connectivity index (χ1n) is 12.8. The molecule has 1 aliphatic heterocycles. The van der Waals surface area contributed by atoms with Crippen LogP contribution in [0.4, 0.5) is 20.3 Å². The SMILES string of the molecule is C=CC/C(F)=C\C=C(/CF)S(=O)(=O)Nc1cc(-c2ccc3ncnc(NC4CCN(C(=O)CO)CC4)c3n2)cnc1Cl. The Morgan fingerprint density at radius 1 is 1.21 bits per heavy atom. The lowest BCUT2D eigenvalue weighted by molar-refractivity contribution is -0.135. The molecule has 3 aromatic heterocycles. The number of anilines is 2. The number of hydrogen-bond donors (Lipinski definition) is 3. The number of alkyl halides is 1. The van der Waals surface area contributed by atoms with Crippen molar-refractivity contribution in [1.29, 1.82) is 0 Å². The fourth-order valence-electron chi connectivity index (χ4n) is 4.24. The van der Waals surface area contributed by atoms with Crippen LogP contribution >= 0.6 is 11.6 Å². The molecule has 1 saturated heterocycles. The number of allylic oxidation sites excluding steroid dienone is 5. The number of carbonyl (C=O) groups excluding carboxylic acids is 1. The third-order valence-electron chi connectivity index (χ3n) is 6.45. The molecule has 0 bridgehead atoms. The fourth-order valence-corrected chi connectivity index (χ4v) is 5.41. The Morgan fingerprint density at radius 2 is 1.98 bits per heavy atom. The average Bonchev–Trinajstić information content (AvgIpc) is 2.98. The molecule has 15 heteroatoms. The predicted molar refractivity (Wildman–Crippen MR) is 156 cm³/mol. The van der Waals surface area contributed by atoms with E-state index < -0.39 is 34.0 Å². The standard InChI is InChI=1S/C27H28ClF2N7O4S/c1-2-3-18(30)4-5-20(13-29)42(40,41)36-23-12-17(14-31-26(23)28)21-6-7-22-25(35-21)27(33-16-32-22)34-19-8-10-37(11-9-19)24(39)15-38/h2,4-7,12,14,16,19,36,38H,1,3,8-11,13,15H2,(H,32,33,34)/b18-4+,20-5+. The first-order valence-corrected chi connectivity index (χ1v) is 14.7. The predicted octanol–water partition coefficient (Wildman–Crippen LogP) is 4.16. The number of aliphatic hydroxyl groups excluding tert-OH is 1. The number of rotatable bonds is 11. The van der Waals surface area contributed by atoms with E-state index >= 15 is 0 Å². The topological polar surface area (TPSA) is 150 Å². The minimum atomic E-state index is -4.44. The highest BCUT2D eigenvalue weighted by Crippen LogP contribution is 2.30. The smallest absolute Gasteiger partial charge is 0.260 e. The first kappa shape index (κ1) is 30.9. The van der Waals surface area contributed by atoms with Crippen molar-refractivity contribution in [2.75, 3.05) is 36.4 Å². The van der Waals surface area contributed by atoms with E-state index in [0.717, 1.165) is 12.2 Å². The lowest BCUT2D eigenvalue weighted by Crippen LogP contribution is -2.43. The van der Waals surface area contributed by atoms with Crippen LogP contribution < -0.4 is 10.0 Å². The summed E-state index contributed by atoms with van der Waals surface area (Å²) in [6.45, 7) is 2.48. The molecule has 0 aliphatic carbocycles. The molecule has 0 saturated carbocycles. The van der Waals surface area contributed by atoms with Crippen LogP contribution in [0.25, 0.3) is 22.3 Å². The van der Waals surface area contributed by atoms with Crippen LogP contribution in [0.3, 0.4) is 0 Å². The maximum absolute atomic E-state index is 13.7. The normalized spacial score (nSPS) is 15.1. The van der Waals surface area contributed by atoms with Gasteiger partial charge in [-0.05, 0) is 43.2 Å². The van der Waals surface area contributed by atoms with Gasteiger partial charge in [0.25, 0.3) is 10.0 Å². The van der Waals surface area contributed by atoms with Gasteiger partial charge in [0, 0.05) is 37.3 Å². The van der Waals surface area contributed by atoms with E-state index in [1.54, 1.807) is 17.0 Å². The quantitative estimate of drug-likeness (QED) is 0.163. The van der Waals surface area contributed by atoms with Crippen LogP contribution in [0.2, 0.25) is 5.15 Å². The third kappa shape index (κ3) is 7.43. The number of fused-ring (bicyclic) bond motifs is 1. The molecule has 1 amide bonds. The van der Waals surface area contributed by atoms with E-state index in [1.165, 1.54) is 24.7 Å². The third-order valence-corrected chi connectivity index (χ3v) is 8.18. The second-order valence-electron chi connectivity index (χ2n) is 9.28. The van der Waals surface area contributed by atoms with Gasteiger partial charge in [0.05, 0.1) is 21.8 Å². The number of likely N-dealkylation sites (tertiary alicyclic amines) is 1. The molecule has 11 nitrogen and oxygen atoms in total. The lowest BCUT2D eigenvalue weighted by atomic mass is 10.0. The molecular weight excluding hydrogens is 592 g/mol. The summed E-state index contributed by atoms with van der Waals surface area (Å²) in [5.74, 6) is -0.516. The van der Waals surface area contributed by atoms with Crippen molar-refractivity contribution in [3.63, 3.8) is 0 Å². The summed E-state index contributed by atoms with van der Waals surface area (Å²) in [6.07, 6.45) is 6.95. The van der Waals surface area contributed by atoms with Crippen molar-refractivity contribution in [2.45, 2.75) is 25.3 Å². The van der Waals surface area contributed by atoms with Gasteiger partial charge in [-0.25, -0.2) is 37.1 Å². The maximum atomic E-state index is 13.7. The molecule has 3 aromatic rings. The van der Waals surface area contributed by atoms with Crippen molar-refractivity contribution in [2.24, 2.45) is 0 Å². The molecule has 1 aliphatic rings. The van der Waals surface area contributed by atoms with Crippen molar-refractivity contribution in [3.8, 4) is 11.3 Å². The van der Waals surface area contributed by atoms with E-state index in [4.69, 9.17) is 16.7 Å². The summed E-state index contributed by atoms with van der Waals surface area (Å²) >= 11 is 6.15. The number of nitrogens with one attached hydrogen (secondary N) is 2. The van der Waals surface area contributed by atoms with Gasteiger partial charge in [0.1, 0.15) is 31.0 Å². The summed E-state index contributed by atoms with van der Waals surface area (Å²) in [7, 11) is -4.44. The lowest BCUT2D eigenvalue weighted by Gasteiger charge is -2.32. The van der Waals surface area contributed by atoms with Crippen molar-refractivity contribution in [1.82, 2.24) is 24.8 Å². The van der Waals surface area contributed by atoms with Gasteiger partial charge in [-0.15, -0.1) is 6.58 Å². The number of halogens is 3. The molecule has 222 valence electrons. The van der Waals surface area contributed by atoms with Crippen LogP contribution in [0, 0.1) is 0 Å². The molecule has 0 atom stereocenters. The zero-order chi connectivity index (χ0) is 30.3. The van der Waals surface area contributed by atoms with E-state index in [2.05, 4.69) is 36.6 Å². The van der Waals surface area contributed by atoms with E-state index in [9.17, 15) is 22.0 Å². The van der Waals surface area contributed by atoms with E-state index in [0.29, 0.717) is 54.0 Å². The van der Waals surface area contributed by atoms with Gasteiger partial charge < -0.3 is 15.3 Å². The Kier molecular flexibility index (Phi) is 10.1. The monoisotopic (exact) mass is 619 g/mol. The van der Waals surface area contributed by atoms with Crippen LogP contribution in [0.15, 0.2) is 66.3 Å². The van der Waals surface area contributed by atoms with Crippen molar-refractivity contribution >= 4 is 50.1 Å². The number of aromatic nitrogens is 4. The van der Waals surface area contributed by atoms with Crippen LogP contribution in [-0.2, 0) is 14.8 Å². The summed E-state index contributed by atoms with van der Waals surface area (Å²) in [5.41, 5.74) is 1.69. The minimum Gasteiger partial charge on any atom is -0.387 e. The van der Waals surface area contributed by atoms with Crippen molar-refractivity contribution < 1.29 is 27.1 Å². The second kappa shape index (κ2) is 13.8.